The Balaban J connectivity index is 2.07. The number of amides is 1. The lowest BCUT2D eigenvalue weighted by atomic mass is 9.78. The molecule has 20 heavy (non-hydrogen) atoms. The Hall–Kier alpha value is -1.04. The molecule has 0 saturated carbocycles. The summed E-state index contributed by atoms with van der Waals surface area (Å²) in [6.45, 7) is 1.82. The van der Waals surface area contributed by atoms with Crippen molar-refractivity contribution in [2.45, 2.75) is 19.3 Å². The molecule has 1 aliphatic heterocycles. The maximum absolute atomic E-state index is 12.4. The molecule has 1 amide bonds. The van der Waals surface area contributed by atoms with Gasteiger partial charge in [-0.15, -0.1) is 0 Å². The second-order valence-electron chi connectivity index (χ2n) is 5.33. The van der Waals surface area contributed by atoms with E-state index in [1.54, 1.807) is 24.1 Å². The van der Waals surface area contributed by atoms with E-state index in [2.05, 4.69) is 0 Å². The molecule has 2 heterocycles. The molecule has 6 heteroatoms. The van der Waals surface area contributed by atoms with Crippen LogP contribution in [0.25, 0.3) is 0 Å². The first kappa shape index (κ1) is 15.4. The van der Waals surface area contributed by atoms with Crippen LogP contribution in [0.1, 0.15) is 29.8 Å². The number of aliphatic hydroxyl groups excluding tert-OH is 1. The van der Waals surface area contributed by atoms with Crippen LogP contribution < -0.4 is 0 Å². The fourth-order valence-electron chi connectivity index (χ4n) is 2.70. The quantitative estimate of drug-likeness (QED) is 0.905. The first-order valence-corrected chi connectivity index (χ1v) is 7.12. The average Bonchev–Trinajstić information content (AvgIpc) is 2.91. The lowest BCUT2D eigenvalue weighted by Gasteiger charge is -2.41. The lowest BCUT2D eigenvalue weighted by Crippen LogP contribution is -2.48. The Labute approximate surface area is 123 Å². The summed E-state index contributed by atoms with van der Waals surface area (Å²) in [5, 5.41) is 9.91. The van der Waals surface area contributed by atoms with Crippen LogP contribution in [-0.2, 0) is 4.74 Å². The fraction of sp³-hybridized carbons (Fsp3) is 0.643. The predicted molar refractivity (Wildman–Crippen MR) is 74.9 cm³/mol. The van der Waals surface area contributed by atoms with E-state index in [-0.39, 0.29) is 28.9 Å². The Morgan fingerprint density at radius 1 is 1.60 bits per heavy atom. The molecular weight excluding hydrogens is 282 g/mol. The third kappa shape index (κ3) is 3.34. The minimum atomic E-state index is -0.277. The maximum atomic E-state index is 12.4. The van der Waals surface area contributed by atoms with Crippen molar-refractivity contribution in [1.82, 2.24) is 4.90 Å². The van der Waals surface area contributed by atoms with Crippen molar-refractivity contribution in [2.75, 3.05) is 33.4 Å². The van der Waals surface area contributed by atoms with Crippen molar-refractivity contribution in [1.29, 1.82) is 0 Å². The molecule has 5 nitrogen and oxygen atoms in total. The molecule has 1 aromatic rings. The summed E-state index contributed by atoms with van der Waals surface area (Å²) in [5.41, 5.74) is -0.277. The summed E-state index contributed by atoms with van der Waals surface area (Å²) in [6.07, 6.45) is 2.50. The molecule has 1 saturated heterocycles. The number of carbonyl (C=O) groups is 1. The smallest absolute Gasteiger partial charge is 0.289 e. The van der Waals surface area contributed by atoms with Crippen LogP contribution in [0.4, 0.5) is 0 Å². The summed E-state index contributed by atoms with van der Waals surface area (Å²) in [7, 11) is 1.64. The molecule has 1 fully saturated rings. The van der Waals surface area contributed by atoms with Gasteiger partial charge in [0, 0.05) is 32.2 Å². The number of furan rings is 1. The van der Waals surface area contributed by atoms with Crippen molar-refractivity contribution in [3.05, 3.63) is 23.1 Å². The van der Waals surface area contributed by atoms with E-state index in [0.717, 1.165) is 19.3 Å². The number of methoxy groups -OCH3 is 1. The molecule has 0 unspecified atom stereocenters. The number of ether oxygens (including phenoxy) is 1. The van der Waals surface area contributed by atoms with E-state index >= 15 is 0 Å². The Morgan fingerprint density at radius 2 is 2.40 bits per heavy atom. The minimum absolute atomic E-state index is 0.0546. The number of halogens is 1. The number of piperidine rings is 1. The highest BCUT2D eigenvalue weighted by molar-refractivity contribution is 6.29. The van der Waals surface area contributed by atoms with Crippen molar-refractivity contribution in [3.8, 4) is 0 Å². The summed E-state index contributed by atoms with van der Waals surface area (Å²) < 4.78 is 10.3. The summed E-state index contributed by atoms with van der Waals surface area (Å²) >= 11 is 5.70. The average molecular weight is 302 g/mol. The van der Waals surface area contributed by atoms with Crippen LogP contribution in [0, 0.1) is 5.41 Å². The van der Waals surface area contributed by atoms with Gasteiger partial charge in [0.25, 0.3) is 5.91 Å². The molecular formula is C14H20ClNO4. The van der Waals surface area contributed by atoms with Gasteiger partial charge in [-0.2, -0.15) is 0 Å². The van der Waals surface area contributed by atoms with E-state index in [1.807, 2.05) is 0 Å². The molecule has 1 atom stereocenters. The first-order chi connectivity index (χ1) is 9.60. The van der Waals surface area contributed by atoms with Crippen molar-refractivity contribution in [2.24, 2.45) is 5.41 Å². The summed E-state index contributed by atoms with van der Waals surface area (Å²) in [5.74, 6) is 0.0716. The Bertz CT molecular complexity index is 462. The van der Waals surface area contributed by atoms with E-state index < -0.39 is 0 Å². The number of likely N-dealkylation sites (tertiary alicyclic amines) is 1. The van der Waals surface area contributed by atoms with E-state index in [9.17, 15) is 9.90 Å². The highest BCUT2D eigenvalue weighted by Gasteiger charge is 2.37. The van der Waals surface area contributed by atoms with Crippen LogP contribution in [-0.4, -0.2) is 49.3 Å². The third-order valence-electron chi connectivity index (χ3n) is 3.90. The molecule has 1 aromatic heterocycles. The zero-order valence-electron chi connectivity index (χ0n) is 11.6. The predicted octanol–water partition coefficient (Wildman–Crippen LogP) is 2.18. The number of carbonyl (C=O) groups excluding carboxylic acids is 1. The fourth-order valence-corrected chi connectivity index (χ4v) is 2.84. The zero-order valence-corrected chi connectivity index (χ0v) is 12.4. The van der Waals surface area contributed by atoms with Crippen molar-refractivity contribution < 1.29 is 19.1 Å². The number of aliphatic hydroxyl groups is 1. The molecule has 0 spiro atoms. The Morgan fingerprint density at radius 3 is 3.00 bits per heavy atom. The highest BCUT2D eigenvalue weighted by atomic mass is 35.5. The van der Waals surface area contributed by atoms with Gasteiger partial charge in [-0.1, -0.05) is 0 Å². The maximum Gasteiger partial charge on any atom is 0.289 e. The lowest BCUT2D eigenvalue weighted by molar-refractivity contribution is 0.00772. The van der Waals surface area contributed by atoms with Crippen molar-refractivity contribution in [3.63, 3.8) is 0 Å². The van der Waals surface area contributed by atoms with Gasteiger partial charge < -0.3 is 19.2 Å². The minimum Gasteiger partial charge on any atom is -0.440 e. The van der Waals surface area contributed by atoms with Crippen LogP contribution in [0.3, 0.4) is 0 Å². The summed E-state index contributed by atoms with van der Waals surface area (Å²) in [6, 6.07) is 3.14. The number of rotatable bonds is 5. The van der Waals surface area contributed by atoms with Gasteiger partial charge in [0.15, 0.2) is 11.0 Å². The molecule has 112 valence electrons. The first-order valence-electron chi connectivity index (χ1n) is 6.75. The van der Waals surface area contributed by atoms with Crippen LogP contribution in [0.5, 0.6) is 0 Å². The van der Waals surface area contributed by atoms with Gasteiger partial charge in [0.05, 0.1) is 6.61 Å². The standard InChI is InChI=1S/C14H20ClNO4/c1-19-8-6-14(10-17)5-2-7-16(9-14)13(18)11-3-4-12(15)20-11/h3-4,17H,2,5-10H2,1H3/t14-/m0/s1. The van der Waals surface area contributed by atoms with Gasteiger partial charge in [-0.25, -0.2) is 0 Å². The molecule has 0 radical (unpaired) electrons. The summed E-state index contributed by atoms with van der Waals surface area (Å²) in [4.78, 5) is 14.1. The van der Waals surface area contributed by atoms with E-state index in [1.165, 1.54) is 0 Å². The van der Waals surface area contributed by atoms with E-state index in [4.69, 9.17) is 20.8 Å². The highest BCUT2D eigenvalue weighted by Crippen LogP contribution is 2.34. The molecule has 1 aliphatic rings. The number of nitrogens with zero attached hydrogens (tertiary/aromatic N) is 1. The van der Waals surface area contributed by atoms with E-state index in [0.29, 0.717) is 19.7 Å². The van der Waals surface area contributed by atoms with Crippen molar-refractivity contribution >= 4 is 17.5 Å². The largest absolute Gasteiger partial charge is 0.440 e. The monoisotopic (exact) mass is 301 g/mol. The SMILES string of the molecule is COCC[C@@]1(CO)CCCN(C(=O)c2ccc(Cl)o2)C1. The van der Waals surface area contributed by atoms with Gasteiger partial charge in [0.1, 0.15) is 0 Å². The normalized spacial score (nSPS) is 23.1. The van der Waals surface area contributed by atoms with Gasteiger partial charge >= 0.3 is 0 Å². The van der Waals surface area contributed by atoms with Gasteiger partial charge in [0.2, 0.25) is 0 Å². The van der Waals surface area contributed by atoms with Crippen LogP contribution in [0.2, 0.25) is 5.22 Å². The molecule has 0 aliphatic carbocycles. The molecule has 2 rings (SSSR count). The zero-order chi connectivity index (χ0) is 14.6. The number of hydrogen-bond donors (Lipinski definition) is 1. The molecule has 1 N–H and O–H groups in total. The van der Waals surface area contributed by atoms with Gasteiger partial charge in [-0.3, -0.25) is 4.79 Å². The second kappa shape index (κ2) is 6.61. The second-order valence-corrected chi connectivity index (χ2v) is 5.71. The molecule has 0 bridgehead atoms. The van der Waals surface area contributed by atoms with Gasteiger partial charge in [-0.05, 0) is 43.0 Å². The molecule has 0 aromatic carbocycles. The van der Waals surface area contributed by atoms with Crippen LogP contribution >= 0.6 is 11.6 Å². The number of hydrogen-bond acceptors (Lipinski definition) is 4. The Kier molecular flexibility index (Phi) is 5.07. The van der Waals surface area contributed by atoms with Crippen LogP contribution in [0.15, 0.2) is 16.5 Å². The topological polar surface area (TPSA) is 62.9 Å². The third-order valence-corrected chi connectivity index (χ3v) is 4.11.